The topological polar surface area (TPSA) is 106 Å². The first-order chi connectivity index (χ1) is 15.1. The highest BCUT2D eigenvalue weighted by Gasteiger charge is 2.58. The van der Waals surface area contributed by atoms with Crippen molar-refractivity contribution in [1.29, 1.82) is 0 Å². The summed E-state index contributed by atoms with van der Waals surface area (Å²) in [5.74, 6) is 0.140. The lowest BCUT2D eigenvalue weighted by Crippen LogP contribution is -2.57. The molecule has 4 fully saturated rings. The average molecular weight is 487 g/mol. The Kier molecular flexibility index (Phi) is 5.72. The molecule has 0 heterocycles. The number of amides is 1. The Bertz CT molecular complexity index is 1070. The van der Waals surface area contributed by atoms with Crippen LogP contribution >= 0.6 is 0 Å². The van der Waals surface area contributed by atoms with Gasteiger partial charge in [0, 0.05) is 11.8 Å². The van der Waals surface area contributed by atoms with Crippen LogP contribution in [-0.2, 0) is 25.8 Å². The Hall–Kier alpha value is -1.94. The summed E-state index contributed by atoms with van der Waals surface area (Å²) < 4.78 is 68.0. The van der Waals surface area contributed by atoms with Crippen LogP contribution < -0.4 is 10.5 Å². The number of primary amides is 1. The first-order valence-electron chi connectivity index (χ1n) is 11.2. The molecule has 10 heteroatoms. The fourth-order valence-electron chi connectivity index (χ4n) is 6.62. The standard InChI is InChI=1S/C23H29F3N2O4S/c1-21(2,28-33(31,32)18-6-4-3-5-17(18)23(24,25)26)19(29)9-16-14-7-13-8-15(16)12-22(10-13,11-14)20(27)30/h3-6,13-16,28H,7-12H2,1-2H3,(H2,27,30). The molecular weight excluding hydrogens is 457 g/mol. The molecule has 4 aliphatic carbocycles. The third-order valence-electron chi connectivity index (χ3n) is 7.98. The molecule has 6 nitrogen and oxygen atoms in total. The Balaban J connectivity index is 1.51. The number of alkyl halides is 3. The maximum absolute atomic E-state index is 13.3. The Labute approximate surface area is 191 Å². The van der Waals surface area contributed by atoms with Crippen molar-refractivity contribution >= 4 is 21.7 Å². The van der Waals surface area contributed by atoms with Crippen LogP contribution in [0.1, 0.15) is 57.9 Å². The molecule has 3 N–H and O–H groups in total. The van der Waals surface area contributed by atoms with Gasteiger partial charge >= 0.3 is 6.18 Å². The van der Waals surface area contributed by atoms with E-state index in [0.717, 1.165) is 31.4 Å². The minimum Gasteiger partial charge on any atom is -0.369 e. The number of nitrogens with one attached hydrogen (secondary N) is 1. The molecule has 1 amide bonds. The molecule has 4 aliphatic rings. The summed E-state index contributed by atoms with van der Waals surface area (Å²) in [7, 11) is -4.61. The number of rotatable bonds is 7. The van der Waals surface area contributed by atoms with Crippen molar-refractivity contribution in [2.24, 2.45) is 34.8 Å². The highest BCUT2D eigenvalue weighted by Crippen LogP contribution is 2.62. The van der Waals surface area contributed by atoms with Crippen molar-refractivity contribution in [2.75, 3.05) is 0 Å². The molecule has 4 saturated carbocycles. The SMILES string of the molecule is CC(C)(NS(=O)(=O)c1ccccc1C(F)(F)F)C(=O)CC1C2CC3CC1CC(C(N)=O)(C3)C2. The Morgan fingerprint density at radius 1 is 1.09 bits per heavy atom. The van der Waals surface area contributed by atoms with E-state index in [1.165, 1.54) is 19.9 Å². The van der Waals surface area contributed by atoms with Gasteiger partial charge in [0.15, 0.2) is 5.78 Å². The predicted octanol–water partition coefficient (Wildman–Crippen LogP) is 3.65. The molecule has 0 spiro atoms. The van der Waals surface area contributed by atoms with E-state index >= 15 is 0 Å². The monoisotopic (exact) mass is 486 g/mol. The number of sulfonamides is 1. The summed E-state index contributed by atoms with van der Waals surface area (Å²) >= 11 is 0. The van der Waals surface area contributed by atoms with E-state index in [1.807, 2.05) is 0 Å². The zero-order chi connectivity index (χ0) is 24.4. The number of carbonyl (C=O) groups excluding carboxylic acids is 2. The van der Waals surface area contributed by atoms with Gasteiger partial charge in [-0.2, -0.15) is 17.9 Å². The second kappa shape index (κ2) is 7.80. The first kappa shape index (κ1) is 24.2. The molecule has 1 aromatic carbocycles. The van der Waals surface area contributed by atoms with E-state index in [9.17, 15) is 31.2 Å². The normalized spacial score (nSPS) is 31.5. The molecule has 2 atom stereocenters. The summed E-state index contributed by atoms with van der Waals surface area (Å²) in [6, 6.07) is 3.91. The third-order valence-corrected chi connectivity index (χ3v) is 9.69. The summed E-state index contributed by atoms with van der Waals surface area (Å²) in [5, 5.41) is 0. The number of nitrogens with two attached hydrogens (primary N) is 1. The summed E-state index contributed by atoms with van der Waals surface area (Å²) in [6.07, 6.45) is -0.774. The van der Waals surface area contributed by atoms with E-state index in [0.29, 0.717) is 24.8 Å². The zero-order valence-electron chi connectivity index (χ0n) is 18.6. The summed E-state index contributed by atoms with van der Waals surface area (Å²) in [5.41, 5.74) is 2.35. The van der Waals surface area contributed by atoms with Gasteiger partial charge in [-0.25, -0.2) is 8.42 Å². The van der Waals surface area contributed by atoms with Gasteiger partial charge in [0.2, 0.25) is 15.9 Å². The van der Waals surface area contributed by atoms with Gasteiger partial charge in [-0.05, 0) is 81.8 Å². The fraction of sp³-hybridized carbons (Fsp3) is 0.652. The molecule has 0 aliphatic heterocycles. The van der Waals surface area contributed by atoms with Gasteiger partial charge in [0.25, 0.3) is 0 Å². The van der Waals surface area contributed by atoms with Crippen molar-refractivity contribution in [1.82, 2.24) is 4.72 Å². The largest absolute Gasteiger partial charge is 0.417 e. The highest BCUT2D eigenvalue weighted by molar-refractivity contribution is 7.89. The number of ketones is 1. The molecule has 4 bridgehead atoms. The van der Waals surface area contributed by atoms with Gasteiger partial charge in [0.1, 0.15) is 0 Å². The lowest BCUT2D eigenvalue weighted by Gasteiger charge is -2.59. The maximum atomic E-state index is 13.3. The molecule has 0 radical (unpaired) electrons. The summed E-state index contributed by atoms with van der Waals surface area (Å²) in [6.45, 7) is 2.76. The first-order valence-corrected chi connectivity index (χ1v) is 12.7. The Morgan fingerprint density at radius 2 is 1.67 bits per heavy atom. The van der Waals surface area contributed by atoms with Crippen LogP contribution in [0.15, 0.2) is 29.2 Å². The van der Waals surface area contributed by atoms with Crippen LogP contribution in [0.3, 0.4) is 0 Å². The predicted molar refractivity (Wildman–Crippen MR) is 114 cm³/mol. The van der Waals surface area contributed by atoms with Crippen molar-refractivity contribution in [2.45, 2.75) is 69.0 Å². The number of carbonyl (C=O) groups is 2. The van der Waals surface area contributed by atoms with Crippen molar-refractivity contribution < 1.29 is 31.2 Å². The average Bonchev–Trinajstić information content (AvgIpc) is 2.68. The van der Waals surface area contributed by atoms with E-state index in [1.54, 1.807) is 0 Å². The van der Waals surface area contributed by atoms with Crippen molar-refractivity contribution in [3.8, 4) is 0 Å². The number of halogens is 3. The second-order valence-electron chi connectivity index (χ2n) is 10.6. The van der Waals surface area contributed by atoms with Crippen molar-refractivity contribution in [3.05, 3.63) is 29.8 Å². The van der Waals surface area contributed by atoms with Gasteiger partial charge in [-0.3, -0.25) is 9.59 Å². The Morgan fingerprint density at radius 3 is 2.21 bits per heavy atom. The van der Waals surface area contributed by atoms with E-state index < -0.39 is 37.6 Å². The van der Waals surface area contributed by atoms with E-state index in [2.05, 4.69) is 4.72 Å². The van der Waals surface area contributed by atoms with Crippen LogP contribution in [0.25, 0.3) is 0 Å². The van der Waals surface area contributed by atoms with Gasteiger partial charge < -0.3 is 5.73 Å². The quantitative estimate of drug-likeness (QED) is 0.614. The number of benzene rings is 1. The maximum Gasteiger partial charge on any atom is 0.417 e. The smallest absolute Gasteiger partial charge is 0.369 e. The van der Waals surface area contributed by atoms with Crippen LogP contribution in [0.4, 0.5) is 13.2 Å². The highest BCUT2D eigenvalue weighted by atomic mass is 32.2. The number of hydrogen-bond acceptors (Lipinski definition) is 4. The summed E-state index contributed by atoms with van der Waals surface area (Å²) in [4.78, 5) is 24.4. The van der Waals surface area contributed by atoms with Crippen LogP contribution in [0.2, 0.25) is 0 Å². The molecule has 0 saturated heterocycles. The van der Waals surface area contributed by atoms with Crippen molar-refractivity contribution in [3.63, 3.8) is 0 Å². The van der Waals surface area contributed by atoms with Crippen LogP contribution in [-0.4, -0.2) is 25.6 Å². The van der Waals surface area contributed by atoms with Crippen LogP contribution in [0, 0.1) is 29.1 Å². The second-order valence-corrected chi connectivity index (χ2v) is 12.3. The van der Waals surface area contributed by atoms with Crippen LogP contribution in [0.5, 0.6) is 0 Å². The number of hydrogen-bond donors (Lipinski definition) is 2. The minimum atomic E-state index is -4.85. The molecule has 5 rings (SSSR count). The lowest BCUT2D eigenvalue weighted by molar-refractivity contribution is -0.152. The van der Waals surface area contributed by atoms with Gasteiger partial charge in [-0.15, -0.1) is 0 Å². The minimum absolute atomic E-state index is 0.0211. The van der Waals surface area contributed by atoms with E-state index in [4.69, 9.17) is 5.73 Å². The number of Topliss-reactive ketones (excluding diaryl/α,β-unsaturated/α-hetero) is 1. The molecule has 33 heavy (non-hydrogen) atoms. The lowest BCUT2D eigenvalue weighted by atomic mass is 9.45. The van der Waals surface area contributed by atoms with E-state index in [-0.39, 0.29) is 35.9 Å². The molecule has 0 aromatic heterocycles. The van der Waals surface area contributed by atoms with Gasteiger partial charge in [-0.1, -0.05) is 12.1 Å². The molecule has 1 aromatic rings. The zero-order valence-corrected chi connectivity index (χ0v) is 19.4. The molecule has 182 valence electrons. The molecule has 2 unspecified atom stereocenters. The fourth-order valence-corrected chi connectivity index (χ4v) is 8.24. The molecular formula is C23H29F3N2O4S. The van der Waals surface area contributed by atoms with Gasteiger partial charge in [0.05, 0.1) is 16.0 Å². The third kappa shape index (κ3) is 4.32.